The molecule has 9 heteroatoms. The first-order valence-corrected chi connectivity index (χ1v) is 11.6. The first-order valence-electron chi connectivity index (χ1n) is 11.6. The summed E-state index contributed by atoms with van der Waals surface area (Å²) in [6.07, 6.45) is 5.10. The summed E-state index contributed by atoms with van der Waals surface area (Å²) in [5, 5.41) is 16.9. The molecule has 1 saturated carbocycles. The van der Waals surface area contributed by atoms with Gasteiger partial charge in [0.05, 0.1) is 11.8 Å². The number of aromatic amines is 1. The van der Waals surface area contributed by atoms with Crippen LogP contribution in [-0.2, 0) is 4.79 Å². The van der Waals surface area contributed by atoms with Crippen molar-refractivity contribution in [3.8, 4) is 5.88 Å². The van der Waals surface area contributed by atoms with Crippen molar-refractivity contribution in [3.05, 3.63) is 56.2 Å². The fourth-order valence-electron chi connectivity index (χ4n) is 4.78. The van der Waals surface area contributed by atoms with Gasteiger partial charge in [-0.15, -0.1) is 0 Å². The number of carbonyl (C=O) groups excluding carboxylic acids is 1. The van der Waals surface area contributed by atoms with E-state index < -0.39 is 17.3 Å². The van der Waals surface area contributed by atoms with E-state index in [1.165, 1.54) is 9.58 Å². The maximum atomic E-state index is 12.8. The molecule has 1 aliphatic carbocycles. The van der Waals surface area contributed by atoms with Crippen molar-refractivity contribution in [2.24, 2.45) is 5.10 Å². The molecule has 0 unspecified atom stereocenters. The number of carbonyl (C=O) groups is 1. The molecule has 0 spiro atoms. The molecular formula is C24H31N5O4. The summed E-state index contributed by atoms with van der Waals surface area (Å²) in [7, 11) is 3.91. The average molecular weight is 454 g/mol. The number of aromatic nitrogens is 2. The maximum Gasteiger partial charge on any atom is 0.331 e. The second-order valence-electron chi connectivity index (χ2n) is 8.96. The average Bonchev–Trinajstić information content (AvgIpc) is 3.24. The van der Waals surface area contributed by atoms with E-state index in [4.69, 9.17) is 0 Å². The topological polar surface area (TPSA) is 111 Å². The molecule has 1 aliphatic heterocycles. The van der Waals surface area contributed by atoms with Gasteiger partial charge in [-0.3, -0.25) is 19.1 Å². The second kappa shape index (κ2) is 9.25. The monoisotopic (exact) mass is 453 g/mol. The zero-order chi connectivity index (χ0) is 23.7. The smallest absolute Gasteiger partial charge is 0.331 e. The number of hydrogen-bond acceptors (Lipinski definition) is 6. The Hall–Kier alpha value is -3.36. The van der Waals surface area contributed by atoms with E-state index in [0.29, 0.717) is 5.71 Å². The quantitative estimate of drug-likeness (QED) is 0.723. The van der Waals surface area contributed by atoms with Crippen LogP contribution in [-0.4, -0.2) is 45.4 Å². The van der Waals surface area contributed by atoms with Crippen LogP contribution in [0.3, 0.4) is 0 Å². The van der Waals surface area contributed by atoms with Crippen molar-refractivity contribution in [1.29, 1.82) is 0 Å². The number of hydrazone groups is 1. The van der Waals surface area contributed by atoms with Crippen molar-refractivity contribution in [1.82, 2.24) is 14.6 Å². The summed E-state index contributed by atoms with van der Waals surface area (Å²) in [5.41, 5.74) is 0.903. The number of H-pyrrole nitrogens is 1. The molecule has 4 rings (SSSR count). The van der Waals surface area contributed by atoms with E-state index in [1.807, 2.05) is 43.3 Å². The van der Waals surface area contributed by atoms with Crippen LogP contribution in [0.15, 0.2) is 39.0 Å². The molecule has 1 atom stereocenters. The fraction of sp³-hybridized carbons (Fsp3) is 0.500. The second-order valence-corrected chi connectivity index (χ2v) is 8.96. The molecule has 2 N–H and O–H groups in total. The summed E-state index contributed by atoms with van der Waals surface area (Å²) in [6.45, 7) is 1.76. The third-order valence-corrected chi connectivity index (χ3v) is 6.61. The number of benzene rings is 1. The lowest BCUT2D eigenvalue weighted by Gasteiger charge is -2.25. The minimum atomic E-state index is -0.684. The van der Waals surface area contributed by atoms with Crippen LogP contribution in [0.1, 0.15) is 75.1 Å². The van der Waals surface area contributed by atoms with Gasteiger partial charge in [0.2, 0.25) is 11.8 Å². The van der Waals surface area contributed by atoms with E-state index in [1.54, 1.807) is 6.92 Å². The van der Waals surface area contributed by atoms with E-state index in [-0.39, 0.29) is 36.2 Å². The van der Waals surface area contributed by atoms with Gasteiger partial charge in [-0.25, -0.2) is 9.80 Å². The lowest BCUT2D eigenvalue weighted by molar-refractivity contribution is -0.132. The Labute approximate surface area is 192 Å². The van der Waals surface area contributed by atoms with Gasteiger partial charge in [0.15, 0.2) is 0 Å². The van der Waals surface area contributed by atoms with E-state index in [0.717, 1.165) is 43.4 Å². The van der Waals surface area contributed by atoms with Crippen LogP contribution in [0.25, 0.3) is 0 Å². The van der Waals surface area contributed by atoms with Gasteiger partial charge in [-0.1, -0.05) is 38.3 Å². The van der Waals surface area contributed by atoms with Crippen molar-refractivity contribution in [2.45, 2.75) is 64.0 Å². The number of anilines is 1. The number of amides is 1. The third-order valence-electron chi connectivity index (χ3n) is 6.61. The van der Waals surface area contributed by atoms with Gasteiger partial charge in [0, 0.05) is 38.7 Å². The number of nitrogens with one attached hydrogen (secondary N) is 1. The van der Waals surface area contributed by atoms with Crippen LogP contribution in [0.2, 0.25) is 0 Å². The zero-order valence-electron chi connectivity index (χ0n) is 19.4. The molecule has 9 nitrogen and oxygen atoms in total. The van der Waals surface area contributed by atoms with Crippen molar-refractivity contribution in [2.75, 3.05) is 19.0 Å². The molecule has 176 valence electrons. The number of rotatable bonds is 5. The van der Waals surface area contributed by atoms with Crippen LogP contribution >= 0.6 is 0 Å². The van der Waals surface area contributed by atoms with E-state index in [2.05, 4.69) is 10.1 Å². The molecule has 2 aliphatic rings. The Morgan fingerprint density at radius 2 is 1.82 bits per heavy atom. The van der Waals surface area contributed by atoms with Crippen molar-refractivity contribution >= 4 is 17.3 Å². The molecule has 33 heavy (non-hydrogen) atoms. The standard InChI is InChI=1S/C24H31N5O4/c1-4-20(30)29-19(15-10-12-16(13-11-15)27(2)3)14-18(26-29)21-22(31)25-24(33)28(23(21)32)17-8-6-5-7-9-17/h10-13,17,19,32H,4-9,14H2,1-3H3,(H,25,31,33)/t19-/m0/s1. The van der Waals surface area contributed by atoms with Crippen molar-refractivity contribution in [3.63, 3.8) is 0 Å². The fourth-order valence-corrected chi connectivity index (χ4v) is 4.78. The Balaban J connectivity index is 1.75. The zero-order valence-corrected chi connectivity index (χ0v) is 19.4. The Morgan fingerprint density at radius 1 is 1.15 bits per heavy atom. The van der Waals surface area contributed by atoms with Gasteiger partial charge in [0.25, 0.3) is 5.56 Å². The lowest BCUT2D eigenvalue weighted by Crippen LogP contribution is -2.36. The minimum absolute atomic E-state index is 0.0264. The van der Waals surface area contributed by atoms with Gasteiger partial charge >= 0.3 is 5.69 Å². The van der Waals surface area contributed by atoms with E-state index >= 15 is 0 Å². The first-order chi connectivity index (χ1) is 15.8. The summed E-state index contributed by atoms with van der Waals surface area (Å²) in [5.74, 6) is -0.537. The highest BCUT2D eigenvalue weighted by molar-refractivity contribution is 6.04. The number of aromatic hydroxyl groups is 1. The summed E-state index contributed by atoms with van der Waals surface area (Å²) in [4.78, 5) is 42.4. The molecule has 0 radical (unpaired) electrons. The molecule has 0 bridgehead atoms. The normalized spacial score (nSPS) is 18.9. The summed E-state index contributed by atoms with van der Waals surface area (Å²) < 4.78 is 1.30. The molecule has 1 fully saturated rings. The molecule has 0 saturated heterocycles. The van der Waals surface area contributed by atoms with Crippen LogP contribution < -0.4 is 16.1 Å². The maximum absolute atomic E-state index is 12.8. The number of nitrogens with zero attached hydrogens (tertiary/aromatic N) is 4. The molecule has 2 heterocycles. The molecule has 1 amide bonds. The Bertz CT molecular complexity index is 1170. The Kier molecular flexibility index (Phi) is 6.40. The van der Waals surface area contributed by atoms with E-state index in [9.17, 15) is 19.5 Å². The minimum Gasteiger partial charge on any atom is -0.494 e. The van der Waals surface area contributed by atoms with Crippen LogP contribution in [0.5, 0.6) is 5.88 Å². The highest BCUT2D eigenvalue weighted by Gasteiger charge is 2.35. The van der Waals surface area contributed by atoms with Gasteiger partial charge in [-0.2, -0.15) is 5.10 Å². The van der Waals surface area contributed by atoms with Gasteiger partial charge in [-0.05, 0) is 30.5 Å². The molecule has 1 aromatic carbocycles. The largest absolute Gasteiger partial charge is 0.494 e. The summed E-state index contributed by atoms with van der Waals surface area (Å²) in [6, 6.07) is 7.28. The number of hydrogen-bond donors (Lipinski definition) is 2. The highest BCUT2D eigenvalue weighted by atomic mass is 16.3. The predicted molar refractivity (Wildman–Crippen MR) is 127 cm³/mol. The van der Waals surface area contributed by atoms with Gasteiger partial charge in [0.1, 0.15) is 5.56 Å². The van der Waals surface area contributed by atoms with Gasteiger partial charge < -0.3 is 10.0 Å². The van der Waals surface area contributed by atoms with Crippen molar-refractivity contribution < 1.29 is 9.90 Å². The predicted octanol–water partition coefficient (Wildman–Crippen LogP) is 2.90. The van der Waals surface area contributed by atoms with Crippen LogP contribution in [0, 0.1) is 0 Å². The SMILES string of the molecule is CCC(=O)N1N=C(c2c(O)n(C3CCCCC3)c(=O)[nH]c2=O)C[C@H]1c1ccc(N(C)C)cc1. The Morgan fingerprint density at radius 3 is 2.42 bits per heavy atom. The highest BCUT2D eigenvalue weighted by Crippen LogP contribution is 2.36. The summed E-state index contributed by atoms with van der Waals surface area (Å²) >= 11 is 0. The third kappa shape index (κ3) is 4.31. The lowest BCUT2D eigenvalue weighted by atomic mass is 9.95. The molecular weight excluding hydrogens is 422 g/mol. The van der Waals surface area contributed by atoms with Crippen LogP contribution in [0.4, 0.5) is 5.69 Å². The molecule has 1 aromatic heterocycles. The molecule has 2 aromatic rings. The first kappa shape index (κ1) is 22.8.